The highest BCUT2D eigenvalue weighted by atomic mass is 16.6. The van der Waals surface area contributed by atoms with Crippen molar-refractivity contribution in [2.45, 2.75) is 85.2 Å². The first-order valence-electron chi connectivity index (χ1n) is 9.14. The highest BCUT2D eigenvalue weighted by Gasteiger charge is 2.56. The molecule has 2 saturated carbocycles. The van der Waals surface area contributed by atoms with Crippen molar-refractivity contribution in [3.05, 3.63) is 12.2 Å². The molecule has 5 atom stereocenters. The van der Waals surface area contributed by atoms with Crippen LogP contribution >= 0.6 is 0 Å². The molecule has 2 nitrogen and oxygen atoms in total. The van der Waals surface area contributed by atoms with Crippen molar-refractivity contribution in [2.75, 3.05) is 0 Å². The number of carbonyl (C=O) groups excluding carboxylic acids is 1. The minimum absolute atomic E-state index is 0.161. The second kappa shape index (κ2) is 6.37. The molecule has 2 fully saturated rings. The highest BCUT2D eigenvalue weighted by molar-refractivity contribution is 5.87. The van der Waals surface area contributed by atoms with Crippen LogP contribution in [0.2, 0.25) is 0 Å². The van der Waals surface area contributed by atoms with Crippen LogP contribution in [0.15, 0.2) is 12.2 Å². The Morgan fingerprint density at radius 1 is 1.27 bits per heavy atom. The van der Waals surface area contributed by atoms with E-state index in [9.17, 15) is 4.79 Å². The third kappa shape index (κ3) is 3.12. The summed E-state index contributed by atoms with van der Waals surface area (Å²) in [6, 6.07) is 0. The third-order valence-electron chi connectivity index (χ3n) is 6.54. The number of rotatable bonds is 5. The van der Waals surface area contributed by atoms with Gasteiger partial charge in [-0.3, -0.25) is 0 Å². The maximum absolute atomic E-state index is 12.2. The average molecular weight is 306 g/mol. The highest BCUT2D eigenvalue weighted by Crippen LogP contribution is 2.60. The van der Waals surface area contributed by atoms with Crippen molar-refractivity contribution >= 4 is 5.97 Å². The zero-order valence-electron chi connectivity index (χ0n) is 15.2. The van der Waals surface area contributed by atoms with Gasteiger partial charge in [-0.05, 0) is 70.1 Å². The van der Waals surface area contributed by atoms with Crippen molar-refractivity contribution in [1.82, 2.24) is 0 Å². The lowest BCUT2D eigenvalue weighted by atomic mass is 9.50. The summed E-state index contributed by atoms with van der Waals surface area (Å²) in [5.41, 5.74) is 0.317. The summed E-state index contributed by atoms with van der Waals surface area (Å²) in [6.45, 7) is 14.6. The van der Waals surface area contributed by atoms with Crippen LogP contribution in [0.1, 0.15) is 79.6 Å². The molecule has 0 heterocycles. The lowest BCUT2D eigenvalue weighted by Crippen LogP contribution is -2.55. The first kappa shape index (κ1) is 17.6. The van der Waals surface area contributed by atoms with Crippen molar-refractivity contribution in [3.63, 3.8) is 0 Å². The van der Waals surface area contributed by atoms with E-state index in [-0.39, 0.29) is 17.0 Å². The van der Waals surface area contributed by atoms with Crippen LogP contribution in [0, 0.1) is 23.2 Å². The van der Waals surface area contributed by atoms with Crippen LogP contribution in [0.3, 0.4) is 0 Å². The van der Waals surface area contributed by atoms with Gasteiger partial charge < -0.3 is 4.74 Å². The normalized spacial score (nSPS) is 37.2. The van der Waals surface area contributed by atoms with E-state index < -0.39 is 0 Å². The maximum atomic E-state index is 12.2. The smallest absolute Gasteiger partial charge is 0.333 e. The van der Waals surface area contributed by atoms with Gasteiger partial charge in [0.2, 0.25) is 0 Å². The summed E-state index contributed by atoms with van der Waals surface area (Å²) in [7, 11) is 0. The van der Waals surface area contributed by atoms with Gasteiger partial charge in [0.1, 0.15) is 5.60 Å². The molecular formula is C20H34O2. The quantitative estimate of drug-likeness (QED) is 0.494. The fourth-order valence-corrected chi connectivity index (χ4v) is 5.30. The lowest BCUT2D eigenvalue weighted by Gasteiger charge is -2.58. The Labute approximate surface area is 136 Å². The third-order valence-corrected chi connectivity index (χ3v) is 6.54. The second-order valence-electron chi connectivity index (χ2n) is 8.36. The van der Waals surface area contributed by atoms with Crippen LogP contribution < -0.4 is 0 Å². The van der Waals surface area contributed by atoms with Gasteiger partial charge >= 0.3 is 5.97 Å². The van der Waals surface area contributed by atoms with Crippen LogP contribution in [-0.2, 0) is 9.53 Å². The van der Waals surface area contributed by atoms with E-state index in [1.807, 2.05) is 0 Å². The Morgan fingerprint density at radius 3 is 2.50 bits per heavy atom. The molecule has 2 heteroatoms. The summed E-state index contributed by atoms with van der Waals surface area (Å²) in [5, 5.41) is 0. The molecule has 2 aliphatic carbocycles. The number of hydrogen-bond acceptors (Lipinski definition) is 2. The molecule has 0 aromatic carbocycles. The summed E-state index contributed by atoms with van der Waals surface area (Å²) >= 11 is 0. The molecule has 0 spiro atoms. The van der Waals surface area contributed by atoms with Crippen LogP contribution in [0.4, 0.5) is 0 Å². The molecule has 0 aliphatic heterocycles. The van der Waals surface area contributed by atoms with E-state index in [4.69, 9.17) is 4.74 Å². The Morgan fingerprint density at radius 2 is 1.95 bits per heavy atom. The fraction of sp³-hybridized carbons (Fsp3) is 0.850. The number of hydrogen-bond donors (Lipinski definition) is 0. The monoisotopic (exact) mass is 306 g/mol. The summed E-state index contributed by atoms with van der Waals surface area (Å²) in [6.07, 6.45) is 8.53. The molecule has 2 bridgehead atoms. The molecule has 22 heavy (non-hydrogen) atoms. The SMILES string of the molecule is C=C(C)C(=O)OC(C)(CC)C12CC(C)CC(CC(CC)C1)C2. The van der Waals surface area contributed by atoms with E-state index in [1.54, 1.807) is 6.92 Å². The largest absolute Gasteiger partial charge is 0.455 e. The van der Waals surface area contributed by atoms with Crippen LogP contribution in [0.25, 0.3) is 0 Å². The van der Waals surface area contributed by atoms with Crippen LogP contribution in [-0.4, -0.2) is 11.6 Å². The van der Waals surface area contributed by atoms with Gasteiger partial charge in [0.15, 0.2) is 0 Å². The van der Waals surface area contributed by atoms with Gasteiger partial charge in [-0.1, -0.05) is 33.8 Å². The molecule has 126 valence electrons. The molecule has 2 aliphatic rings. The van der Waals surface area contributed by atoms with E-state index in [1.165, 1.54) is 38.5 Å². The molecule has 0 radical (unpaired) electrons. The van der Waals surface area contributed by atoms with Crippen molar-refractivity contribution in [3.8, 4) is 0 Å². The Bertz CT molecular complexity index is 437. The molecule has 2 rings (SSSR count). The number of carbonyl (C=O) groups is 1. The molecule has 0 N–H and O–H groups in total. The predicted octanol–water partition coefficient (Wildman–Crippen LogP) is 5.52. The van der Waals surface area contributed by atoms with Crippen LogP contribution in [0.5, 0.6) is 0 Å². The second-order valence-corrected chi connectivity index (χ2v) is 8.36. The van der Waals surface area contributed by atoms with E-state index in [2.05, 4.69) is 34.3 Å². The molecule has 0 aromatic heterocycles. The Kier molecular flexibility index (Phi) is 5.09. The zero-order valence-corrected chi connectivity index (χ0v) is 15.2. The summed E-state index contributed by atoms with van der Waals surface area (Å²) in [5.74, 6) is 2.13. The van der Waals surface area contributed by atoms with E-state index in [0.717, 1.165) is 24.2 Å². The number of ether oxygens (including phenoxy) is 1. The molecule has 0 amide bonds. The van der Waals surface area contributed by atoms with Gasteiger partial charge in [0.25, 0.3) is 0 Å². The van der Waals surface area contributed by atoms with Crippen molar-refractivity contribution in [1.29, 1.82) is 0 Å². The average Bonchev–Trinajstić information content (AvgIpc) is 2.45. The minimum Gasteiger partial charge on any atom is -0.455 e. The topological polar surface area (TPSA) is 26.3 Å². The number of fused-ring (bicyclic) bond motifs is 2. The van der Waals surface area contributed by atoms with Gasteiger partial charge in [0, 0.05) is 11.0 Å². The van der Waals surface area contributed by atoms with E-state index in [0.29, 0.717) is 5.57 Å². The fourth-order valence-electron chi connectivity index (χ4n) is 5.30. The lowest BCUT2D eigenvalue weighted by molar-refractivity contribution is -0.189. The van der Waals surface area contributed by atoms with Gasteiger partial charge in [-0.2, -0.15) is 0 Å². The summed E-state index contributed by atoms with van der Waals surface area (Å²) < 4.78 is 6.07. The number of esters is 1. The predicted molar refractivity (Wildman–Crippen MR) is 91.6 cm³/mol. The van der Waals surface area contributed by atoms with Gasteiger partial charge in [-0.25, -0.2) is 4.79 Å². The zero-order chi connectivity index (χ0) is 16.5. The maximum Gasteiger partial charge on any atom is 0.333 e. The molecule has 5 unspecified atom stereocenters. The molecular weight excluding hydrogens is 272 g/mol. The van der Waals surface area contributed by atoms with E-state index >= 15 is 0 Å². The Hall–Kier alpha value is -0.790. The standard InChI is InChI=1S/C20H34O2/c1-7-16-10-17-9-15(5)11-20(12-16,13-17)19(6,8-2)22-18(21)14(3)4/h15-17H,3,7-13H2,1-2,4-6H3. The molecule has 0 saturated heterocycles. The summed E-state index contributed by atoms with van der Waals surface area (Å²) in [4.78, 5) is 12.2. The molecule has 0 aromatic rings. The van der Waals surface area contributed by atoms with Gasteiger partial charge in [0.05, 0.1) is 0 Å². The minimum atomic E-state index is -0.357. The van der Waals surface area contributed by atoms with Crippen molar-refractivity contribution < 1.29 is 9.53 Å². The Balaban J connectivity index is 2.33. The first-order chi connectivity index (χ1) is 10.2. The first-order valence-corrected chi connectivity index (χ1v) is 9.14. The van der Waals surface area contributed by atoms with Crippen molar-refractivity contribution in [2.24, 2.45) is 23.2 Å². The van der Waals surface area contributed by atoms with Gasteiger partial charge in [-0.15, -0.1) is 0 Å².